The molecule has 1 aromatic rings. The van der Waals surface area contributed by atoms with Crippen molar-refractivity contribution in [2.75, 3.05) is 33.3 Å². The lowest BCUT2D eigenvalue weighted by Crippen LogP contribution is -2.47. The zero-order chi connectivity index (χ0) is 26.3. The third-order valence-corrected chi connectivity index (χ3v) is 8.82. The first-order valence-electron chi connectivity index (χ1n) is 12.3. The fourth-order valence-corrected chi connectivity index (χ4v) is 6.08. The number of amides is 2. The van der Waals surface area contributed by atoms with Crippen LogP contribution < -0.4 is 4.74 Å². The lowest BCUT2D eigenvalue weighted by molar-refractivity contribution is -0.178. The molecule has 0 atom stereocenters. The highest BCUT2D eigenvalue weighted by Gasteiger charge is 2.33. The van der Waals surface area contributed by atoms with Crippen LogP contribution in [0.2, 0.25) is 0 Å². The van der Waals surface area contributed by atoms with Crippen LogP contribution in [0.3, 0.4) is 0 Å². The van der Waals surface area contributed by atoms with E-state index >= 15 is 0 Å². The molecule has 2 aliphatic rings. The van der Waals surface area contributed by atoms with Gasteiger partial charge in [-0.1, -0.05) is 19.3 Å². The van der Waals surface area contributed by atoms with E-state index in [1.165, 1.54) is 36.3 Å². The van der Waals surface area contributed by atoms with Crippen molar-refractivity contribution in [2.24, 2.45) is 5.92 Å². The molecule has 2 amide bonds. The number of hydrogen-bond donors (Lipinski definition) is 2. The van der Waals surface area contributed by atoms with E-state index in [-0.39, 0.29) is 48.4 Å². The van der Waals surface area contributed by atoms with Crippen LogP contribution in [-0.4, -0.2) is 95.6 Å². The number of carbonyl (C=O) groups excluding carboxylic acids is 2. The number of methoxy groups -OCH3 is 1. The summed E-state index contributed by atoms with van der Waals surface area (Å²) in [6.45, 7) is -0.288. The fraction of sp³-hybridized carbons (Fsp3) is 0.625. The van der Waals surface area contributed by atoms with E-state index in [4.69, 9.17) is 9.84 Å². The van der Waals surface area contributed by atoms with Crippen molar-refractivity contribution in [1.82, 2.24) is 14.3 Å². The first-order valence-corrected chi connectivity index (χ1v) is 13.7. The Labute approximate surface area is 217 Å². The molecule has 2 fully saturated rings. The fourth-order valence-electron chi connectivity index (χ4n) is 4.69. The summed E-state index contributed by atoms with van der Waals surface area (Å²) in [6, 6.07) is 5.36. The van der Waals surface area contributed by atoms with Crippen molar-refractivity contribution in [3.8, 4) is 5.75 Å². The minimum absolute atomic E-state index is 0. The molecule has 1 aliphatic heterocycles. The third kappa shape index (κ3) is 7.87. The Morgan fingerprint density at radius 3 is 2.16 bits per heavy atom. The van der Waals surface area contributed by atoms with E-state index in [0.717, 1.165) is 23.6 Å². The predicted molar refractivity (Wildman–Crippen MR) is 132 cm³/mol. The average molecular weight is 544 g/mol. The molecule has 0 aromatic heterocycles. The molecular formula is C24H37N3O9S. The van der Waals surface area contributed by atoms with Crippen molar-refractivity contribution < 1.29 is 43.3 Å². The number of benzene rings is 1. The van der Waals surface area contributed by atoms with Crippen molar-refractivity contribution >= 4 is 27.8 Å². The summed E-state index contributed by atoms with van der Waals surface area (Å²) in [5, 5.41) is 20.3. The quantitative estimate of drug-likeness (QED) is 0.326. The maximum atomic E-state index is 13.4. The number of nitrogens with zero attached hydrogens (tertiary/aromatic N) is 3. The molecule has 3 rings (SSSR count). The number of hydroxylamine groups is 2. The number of carbonyl (C=O) groups is 3. The molecule has 208 valence electrons. The lowest BCUT2D eigenvalue weighted by atomic mass is 9.95. The Morgan fingerprint density at radius 2 is 1.62 bits per heavy atom. The standard InChI is InChI=1S/C24H35N3O8S.H2O/c1-35-20-7-9-21(10-8-20)36(33,34)26(17-23(29)27(32)19-5-3-2-4-6-19)16-13-22(28)25-14-11-18(12-15-25)24(30)31;/h7-10,18-19,32H,2-6,11-17H2,1H3,(H,30,31);1H2. The molecule has 12 nitrogen and oxygen atoms in total. The Kier molecular flexibility index (Phi) is 11.3. The van der Waals surface area contributed by atoms with E-state index in [1.54, 1.807) is 0 Å². The summed E-state index contributed by atoms with van der Waals surface area (Å²) in [6.07, 6.45) is 4.61. The first-order chi connectivity index (χ1) is 17.1. The number of hydrogen-bond acceptors (Lipinski definition) is 7. The van der Waals surface area contributed by atoms with Crippen LogP contribution in [0.1, 0.15) is 51.4 Å². The SMILES string of the molecule is COc1ccc(S(=O)(=O)N(CCC(=O)N2CCC(C(=O)O)CC2)CC(=O)N(O)C2CCCCC2)cc1.O. The number of carboxylic acids is 1. The summed E-state index contributed by atoms with van der Waals surface area (Å²) in [4.78, 5) is 38.3. The molecule has 37 heavy (non-hydrogen) atoms. The molecule has 13 heteroatoms. The molecule has 0 spiro atoms. The zero-order valence-corrected chi connectivity index (χ0v) is 21.9. The molecule has 0 radical (unpaired) electrons. The van der Waals surface area contributed by atoms with Gasteiger partial charge in [0.05, 0.1) is 30.5 Å². The molecule has 0 unspecified atom stereocenters. The summed E-state index contributed by atoms with van der Waals surface area (Å²) >= 11 is 0. The molecule has 0 bridgehead atoms. The van der Waals surface area contributed by atoms with E-state index in [9.17, 15) is 28.0 Å². The highest BCUT2D eigenvalue weighted by Crippen LogP contribution is 2.24. The van der Waals surface area contributed by atoms with Crippen LogP contribution >= 0.6 is 0 Å². The van der Waals surface area contributed by atoms with Gasteiger partial charge in [-0.2, -0.15) is 4.31 Å². The van der Waals surface area contributed by atoms with Crippen molar-refractivity contribution in [1.29, 1.82) is 0 Å². The summed E-state index contributed by atoms with van der Waals surface area (Å²) in [5.74, 6) is -1.96. The zero-order valence-electron chi connectivity index (χ0n) is 21.0. The van der Waals surface area contributed by atoms with E-state index in [2.05, 4.69) is 0 Å². The van der Waals surface area contributed by atoms with Gasteiger partial charge in [-0.05, 0) is 49.9 Å². The minimum Gasteiger partial charge on any atom is -0.497 e. The number of piperidine rings is 1. The van der Waals surface area contributed by atoms with Crippen LogP contribution in [0.15, 0.2) is 29.2 Å². The van der Waals surface area contributed by atoms with Gasteiger partial charge in [0.2, 0.25) is 15.9 Å². The monoisotopic (exact) mass is 543 g/mol. The number of likely N-dealkylation sites (tertiary alicyclic amines) is 1. The van der Waals surface area contributed by atoms with Crippen molar-refractivity contribution in [3.05, 3.63) is 24.3 Å². The lowest BCUT2D eigenvalue weighted by Gasteiger charge is -2.32. The average Bonchev–Trinajstić information content (AvgIpc) is 2.90. The second-order valence-electron chi connectivity index (χ2n) is 9.29. The molecule has 1 saturated heterocycles. The maximum Gasteiger partial charge on any atom is 0.306 e. The van der Waals surface area contributed by atoms with Crippen LogP contribution in [0.5, 0.6) is 5.75 Å². The van der Waals surface area contributed by atoms with E-state index in [1.807, 2.05) is 0 Å². The van der Waals surface area contributed by atoms with Crippen molar-refractivity contribution in [3.63, 3.8) is 0 Å². The normalized spacial score (nSPS) is 17.2. The summed E-state index contributed by atoms with van der Waals surface area (Å²) in [7, 11) is -2.70. The molecular weight excluding hydrogens is 506 g/mol. The van der Waals surface area contributed by atoms with Gasteiger partial charge in [0.15, 0.2) is 0 Å². The molecule has 1 heterocycles. The Balaban J connectivity index is 0.00000481. The highest BCUT2D eigenvalue weighted by molar-refractivity contribution is 7.89. The van der Waals surface area contributed by atoms with Crippen LogP contribution in [0.25, 0.3) is 0 Å². The van der Waals surface area contributed by atoms with Gasteiger partial charge in [0.25, 0.3) is 5.91 Å². The van der Waals surface area contributed by atoms with E-state index < -0.39 is 34.4 Å². The minimum atomic E-state index is -4.16. The van der Waals surface area contributed by atoms with Crippen LogP contribution in [0.4, 0.5) is 0 Å². The molecule has 1 aromatic carbocycles. The maximum absolute atomic E-state index is 13.4. The van der Waals surface area contributed by atoms with Crippen LogP contribution in [0, 0.1) is 5.92 Å². The predicted octanol–water partition coefficient (Wildman–Crippen LogP) is 1.13. The largest absolute Gasteiger partial charge is 0.497 e. The molecule has 4 N–H and O–H groups in total. The Morgan fingerprint density at radius 1 is 1.03 bits per heavy atom. The number of ether oxygens (including phenoxy) is 1. The second kappa shape index (κ2) is 13.7. The van der Waals surface area contributed by atoms with Crippen molar-refractivity contribution in [2.45, 2.75) is 62.3 Å². The third-order valence-electron chi connectivity index (χ3n) is 6.96. The van der Waals surface area contributed by atoms with Gasteiger partial charge in [0, 0.05) is 26.1 Å². The smallest absolute Gasteiger partial charge is 0.306 e. The number of sulfonamides is 1. The second-order valence-corrected chi connectivity index (χ2v) is 11.2. The number of carboxylic acid groups (broad SMARTS) is 1. The van der Waals surface area contributed by atoms with Gasteiger partial charge in [-0.3, -0.25) is 19.6 Å². The van der Waals surface area contributed by atoms with Gasteiger partial charge in [-0.15, -0.1) is 0 Å². The molecule has 1 aliphatic carbocycles. The van der Waals surface area contributed by atoms with Gasteiger partial charge >= 0.3 is 5.97 Å². The summed E-state index contributed by atoms with van der Waals surface area (Å²) in [5.41, 5.74) is 0. The number of aliphatic carboxylic acids is 1. The highest BCUT2D eigenvalue weighted by atomic mass is 32.2. The first kappa shape index (κ1) is 30.5. The topological polar surface area (TPSA) is 176 Å². The Hall–Kier alpha value is -2.74. The number of rotatable bonds is 10. The molecule has 1 saturated carbocycles. The van der Waals surface area contributed by atoms with Crippen LogP contribution in [-0.2, 0) is 24.4 Å². The van der Waals surface area contributed by atoms with Gasteiger partial charge in [0.1, 0.15) is 5.75 Å². The van der Waals surface area contributed by atoms with Gasteiger partial charge in [-0.25, -0.2) is 13.5 Å². The Bertz CT molecular complexity index is 1020. The van der Waals surface area contributed by atoms with Gasteiger partial charge < -0.3 is 20.2 Å². The van der Waals surface area contributed by atoms with E-state index in [0.29, 0.717) is 36.5 Å². The summed E-state index contributed by atoms with van der Waals surface area (Å²) < 4.78 is 32.8.